The standard InChI is InChI=1S/C38H44ClN5O5/c1-4-6-19-42(20-7-5-2)38(48)36-35(39)26(3)44(41-36)33-18-17-31(49-25-34(46)40-29-15-9-8-10-16-29)22-32(33)37(47)43-23-28-14-12-11-13-27(28)21-30(43)24-45/h8-18,22,30,45H,4-7,19-21,23-25H2,1-3H3,(H,40,46). The Labute approximate surface area is 292 Å². The highest BCUT2D eigenvalue weighted by atomic mass is 35.5. The highest BCUT2D eigenvalue weighted by Crippen LogP contribution is 2.31. The van der Waals surface area contributed by atoms with Crippen LogP contribution in [0.5, 0.6) is 5.75 Å². The molecule has 3 amide bonds. The van der Waals surface area contributed by atoms with Gasteiger partial charge in [0.25, 0.3) is 17.7 Å². The Morgan fingerprint density at radius 1 is 0.980 bits per heavy atom. The number of fused-ring (bicyclic) bond motifs is 1. The van der Waals surface area contributed by atoms with E-state index in [-0.39, 0.29) is 47.2 Å². The zero-order chi connectivity index (χ0) is 34.9. The van der Waals surface area contributed by atoms with E-state index < -0.39 is 6.04 Å². The van der Waals surface area contributed by atoms with E-state index >= 15 is 0 Å². The smallest absolute Gasteiger partial charge is 0.275 e. The summed E-state index contributed by atoms with van der Waals surface area (Å²) in [4.78, 5) is 44.4. The molecule has 258 valence electrons. The number of nitrogens with one attached hydrogen (secondary N) is 1. The van der Waals surface area contributed by atoms with Crippen LogP contribution in [-0.4, -0.2) is 74.8 Å². The van der Waals surface area contributed by atoms with Crippen LogP contribution in [0.1, 0.15) is 77.2 Å². The highest BCUT2D eigenvalue weighted by Gasteiger charge is 2.33. The molecule has 0 aliphatic carbocycles. The van der Waals surface area contributed by atoms with Crippen molar-refractivity contribution in [3.05, 3.63) is 106 Å². The number of nitrogens with zero attached hydrogens (tertiary/aromatic N) is 4. The fraction of sp³-hybridized carbons (Fsp3) is 0.368. The fourth-order valence-electron chi connectivity index (χ4n) is 5.99. The molecule has 0 saturated carbocycles. The third-order valence-electron chi connectivity index (χ3n) is 8.78. The lowest BCUT2D eigenvalue weighted by Gasteiger charge is -2.36. The van der Waals surface area contributed by atoms with Gasteiger partial charge in [0.05, 0.1) is 34.6 Å². The minimum atomic E-state index is -0.457. The van der Waals surface area contributed by atoms with Gasteiger partial charge in [-0.1, -0.05) is 80.8 Å². The minimum Gasteiger partial charge on any atom is -0.484 e. The third-order valence-corrected chi connectivity index (χ3v) is 9.23. The lowest BCUT2D eigenvalue weighted by atomic mass is 9.93. The number of para-hydroxylation sites is 1. The van der Waals surface area contributed by atoms with Gasteiger partial charge in [0, 0.05) is 25.3 Å². The zero-order valence-corrected chi connectivity index (χ0v) is 29.1. The maximum Gasteiger partial charge on any atom is 0.275 e. The minimum absolute atomic E-state index is 0.128. The molecule has 0 bridgehead atoms. The van der Waals surface area contributed by atoms with Crippen LogP contribution in [0, 0.1) is 6.92 Å². The summed E-state index contributed by atoms with van der Waals surface area (Å²) >= 11 is 6.81. The molecule has 1 aromatic heterocycles. The number of aromatic nitrogens is 2. The Kier molecular flexibility index (Phi) is 12.1. The van der Waals surface area contributed by atoms with Gasteiger partial charge in [-0.25, -0.2) is 4.68 Å². The zero-order valence-electron chi connectivity index (χ0n) is 28.3. The topological polar surface area (TPSA) is 117 Å². The van der Waals surface area contributed by atoms with Gasteiger partial charge in [-0.3, -0.25) is 14.4 Å². The Morgan fingerprint density at radius 2 is 1.65 bits per heavy atom. The molecule has 11 heteroatoms. The number of rotatable bonds is 14. The van der Waals surface area contributed by atoms with Crippen LogP contribution in [0.3, 0.4) is 0 Å². The summed E-state index contributed by atoms with van der Waals surface area (Å²) in [7, 11) is 0. The van der Waals surface area contributed by atoms with Crippen LogP contribution >= 0.6 is 11.6 Å². The Balaban J connectivity index is 1.51. The first-order valence-electron chi connectivity index (χ1n) is 16.9. The van der Waals surface area contributed by atoms with Crippen LogP contribution in [0.25, 0.3) is 5.69 Å². The summed E-state index contributed by atoms with van der Waals surface area (Å²) in [6, 6.07) is 21.4. The second kappa shape index (κ2) is 16.6. The number of benzene rings is 3. The summed E-state index contributed by atoms with van der Waals surface area (Å²) in [5.74, 6) is -0.663. The van der Waals surface area contributed by atoms with E-state index in [1.54, 1.807) is 47.1 Å². The van der Waals surface area contributed by atoms with Gasteiger partial charge in [0.15, 0.2) is 12.3 Å². The number of hydrogen-bond donors (Lipinski definition) is 2. The Hall–Kier alpha value is -4.67. The highest BCUT2D eigenvalue weighted by molar-refractivity contribution is 6.34. The van der Waals surface area contributed by atoms with E-state index in [0.717, 1.165) is 36.8 Å². The summed E-state index contributed by atoms with van der Waals surface area (Å²) in [5, 5.41) is 18.1. The fourth-order valence-corrected chi connectivity index (χ4v) is 6.19. The quantitative estimate of drug-likeness (QED) is 0.158. The van der Waals surface area contributed by atoms with Crippen LogP contribution < -0.4 is 10.1 Å². The maximum atomic E-state index is 14.5. The molecule has 1 atom stereocenters. The lowest BCUT2D eigenvalue weighted by molar-refractivity contribution is -0.118. The summed E-state index contributed by atoms with van der Waals surface area (Å²) in [5.41, 5.74) is 3.98. The second-order valence-electron chi connectivity index (χ2n) is 12.3. The van der Waals surface area contributed by atoms with E-state index in [4.69, 9.17) is 21.4 Å². The average Bonchev–Trinajstić information content (AvgIpc) is 3.42. The van der Waals surface area contributed by atoms with Gasteiger partial charge in [-0.2, -0.15) is 5.10 Å². The van der Waals surface area contributed by atoms with Crippen molar-refractivity contribution in [3.63, 3.8) is 0 Å². The molecule has 4 aromatic rings. The average molecular weight is 686 g/mol. The largest absolute Gasteiger partial charge is 0.484 e. The molecule has 2 heterocycles. The molecule has 0 spiro atoms. The van der Waals surface area contributed by atoms with Gasteiger partial charge in [-0.05, 0) is 67.6 Å². The van der Waals surface area contributed by atoms with Crippen molar-refractivity contribution in [2.45, 2.75) is 65.5 Å². The van der Waals surface area contributed by atoms with Crippen molar-refractivity contribution in [1.82, 2.24) is 19.6 Å². The SMILES string of the molecule is CCCCN(CCCC)C(=O)c1nn(-c2ccc(OCC(=O)Nc3ccccc3)cc2C(=O)N2Cc3ccccc3CC2CO)c(C)c1Cl. The second-order valence-corrected chi connectivity index (χ2v) is 12.7. The van der Waals surface area contributed by atoms with Crippen molar-refractivity contribution in [1.29, 1.82) is 0 Å². The summed E-state index contributed by atoms with van der Waals surface area (Å²) in [6.45, 7) is 6.92. The predicted molar refractivity (Wildman–Crippen MR) is 190 cm³/mol. The molecule has 2 N–H and O–H groups in total. The number of halogens is 1. The number of carbonyl (C=O) groups is 3. The molecule has 5 rings (SSSR count). The predicted octanol–water partition coefficient (Wildman–Crippen LogP) is 6.45. The number of anilines is 1. The van der Waals surface area contributed by atoms with Crippen molar-refractivity contribution in [2.75, 3.05) is 31.6 Å². The number of hydrogen-bond acceptors (Lipinski definition) is 6. The van der Waals surface area contributed by atoms with Crippen LogP contribution in [0.2, 0.25) is 5.02 Å². The van der Waals surface area contributed by atoms with E-state index in [9.17, 15) is 19.5 Å². The lowest BCUT2D eigenvalue weighted by Crippen LogP contribution is -2.46. The molecule has 49 heavy (non-hydrogen) atoms. The molecule has 1 aliphatic heterocycles. The van der Waals surface area contributed by atoms with Gasteiger partial charge < -0.3 is 25.0 Å². The van der Waals surface area contributed by atoms with Gasteiger partial charge in [0.1, 0.15) is 5.75 Å². The molecule has 0 saturated heterocycles. The normalized spacial score (nSPS) is 13.9. The first kappa shape index (κ1) is 35.6. The van der Waals surface area contributed by atoms with E-state index in [1.165, 1.54) is 4.68 Å². The molecule has 10 nitrogen and oxygen atoms in total. The van der Waals surface area contributed by atoms with E-state index in [2.05, 4.69) is 19.2 Å². The molecular weight excluding hydrogens is 642 g/mol. The van der Waals surface area contributed by atoms with Gasteiger partial charge in [0.2, 0.25) is 0 Å². The number of aliphatic hydroxyl groups excluding tert-OH is 1. The molecule has 1 unspecified atom stereocenters. The number of amides is 3. The number of carbonyl (C=O) groups excluding carboxylic acids is 3. The molecule has 0 fully saturated rings. The molecule has 3 aromatic carbocycles. The van der Waals surface area contributed by atoms with Crippen molar-refractivity contribution >= 4 is 35.0 Å². The first-order valence-corrected chi connectivity index (χ1v) is 17.3. The molecule has 0 radical (unpaired) electrons. The molecule has 1 aliphatic rings. The van der Waals surface area contributed by atoms with Crippen LogP contribution in [0.15, 0.2) is 72.8 Å². The van der Waals surface area contributed by atoms with Gasteiger partial charge >= 0.3 is 0 Å². The summed E-state index contributed by atoms with van der Waals surface area (Å²) < 4.78 is 7.40. The number of aliphatic hydroxyl groups is 1. The Morgan fingerprint density at radius 3 is 2.33 bits per heavy atom. The Bertz CT molecular complexity index is 1770. The van der Waals surface area contributed by atoms with E-state index in [0.29, 0.717) is 48.9 Å². The number of ether oxygens (including phenoxy) is 1. The first-order chi connectivity index (χ1) is 23.7. The maximum absolute atomic E-state index is 14.5. The van der Waals surface area contributed by atoms with Crippen molar-refractivity contribution < 1.29 is 24.2 Å². The number of unbranched alkanes of at least 4 members (excludes halogenated alkanes) is 2. The van der Waals surface area contributed by atoms with Crippen molar-refractivity contribution in [2.24, 2.45) is 0 Å². The molecular formula is C38H44ClN5O5. The summed E-state index contributed by atoms with van der Waals surface area (Å²) in [6.07, 6.45) is 4.12. The van der Waals surface area contributed by atoms with E-state index in [1.807, 2.05) is 42.5 Å². The third kappa shape index (κ3) is 8.32. The van der Waals surface area contributed by atoms with Crippen LogP contribution in [0.4, 0.5) is 5.69 Å². The van der Waals surface area contributed by atoms with Gasteiger partial charge in [-0.15, -0.1) is 0 Å². The van der Waals surface area contributed by atoms with Crippen LogP contribution in [-0.2, 0) is 17.8 Å². The van der Waals surface area contributed by atoms with Crippen molar-refractivity contribution in [3.8, 4) is 11.4 Å². The monoisotopic (exact) mass is 685 g/mol.